The van der Waals surface area contributed by atoms with Crippen LogP contribution in [0, 0.1) is 11.3 Å². The molecule has 1 aliphatic carbocycles. The zero-order chi connectivity index (χ0) is 11.2. The molecule has 0 spiro atoms. The Balaban J connectivity index is 1.95. The molecule has 5 nitrogen and oxygen atoms in total. The summed E-state index contributed by atoms with van der Waals surface area (Å²) in [7, 11) is 0. The van der Waals surface area contributed by atoms with Crippen molar-refractivity contribution >= 4 is 0 Å². The van der Waals surface area contributed by atoms with Crippen LogP contribution in [0.2, 0.25) is 0 Å². The van der Waals surface area contributed by atoms with Crippen LogP contribution in [-0.4, -0.2) is 15.1 Å². The highest BCUT2D eigenvalue weighted by Crippen LogP contribution is 2.46. The van der Waals surface area contributed by atoms with E-state index in [0.29, 0.717) is 11.6 Å². The highest BCUT2D eigenvalue weighted by Gasteiger charge is 2.43. The maximum atomic E-state index is 8.69. The van der Waals surface area contributed by atoms with Gasteiger partial charge in [-0.05, 0) is 18.9 Å². The second-order valence-corrected chi connectivity index (χ2v) is 4.40. The van der Waals surface area contributed by atoms with E-state index in [9.17, 15) is 0 Å². The summed E-state index contributed by atoms with van der Waals surface area (Å²) in [5.74, 6) is 1.24. The first-order chi connectivity index (χ1) is 7.71. The van der Waals surface area contributed by atoms with Crippen molar-refractivity contribution in [3.8, 4) is 17.5 Å². The van der Waals surface area contributed by atoms with Gasteiger partial charge in [0.2, 0.25) is 0 Å². The van der Waals surface area contributed by atoms with E-state index in [-0.39, 0.29) is 5.41 Å². The van der Waals surface area contributed by atoms with Gasteiger partial charge in [0.15, 0.2) is 5.82 Å². The fourth-order valence-corrected chi connectivity index (χ4v) is 1.58. The Labute approximate surface area is 92.1 Å². The van der Waals surface area contributed by atoms with Crippen LogP contribution < -0.4 is 0 Å². The van der Waals surface area contributed by atoms with Crippen molar-refractivity contribution in [2.75, 3.05) is 0 Å². The van der Waals surface area contributed by atoms with Crippen molar-refractivity contribution < 1.29 is 4.52 Å². The maximum Gasteiger partial charge on any atom is 0.259 e. The van der Waals surface area contributed by atoms with Gasteiger partial charge in [-0.3, -0.25) is 0 Å². The molecule has 1 aliphatic rings. The number of nitrogens with one attached hydrogen (secondary N) is 1. The molecule has 1 N–H and O–H groups in total. The first-order valence-corrected chi connectivity index (χ1v) is 5.14. The van der Waals surface area contributed by atoms with E-state index < -0.39 is 0 Å². The molecule has 5 heteroatoms. The molecule has 2 heterocycles. The Hall–Kier alpha value is -2.09. The first kappa shape index (κ1) is 9.16. The molecule has 3 rings (SSSR count). The SMILES string of the molecule is CC1(c2noc(-c3c[nH]c(C#N)c3)n2)CC1. The smallest absolute Gasteiger partial charge is 0.259 e. The van der Waals surface area contributed by atoms with Crippen molar-refractivity contribution in [1.82, 2.24) is 15.1 Å². The minimum absolute atomic E-state index is 0.107. The molecule has 0 aromatic carbocycles. The van der Waals surface area contributed by atoms with E-state index in [1.807, 2.05) is 6.07 Å². The molecule has 16 heavy (non-hydrogen) atoms. The lowest BCUT2D eigenvalue weighted by atomic mass is 10.1. The standard InChI is InChI=1S/C11H10N4O/c1-11(2-3-11)10-14-9(16-15-10)7-4-8(5-12)13-6-7/h4,6,13H,2-3H2,1H3. The van der Waals surface area contributed by atoms with Gasteiger partial charge in [0.05, 0.1) is 5.56 Å². The number of aromatic nitrogens is 3. The summed E-state index contributed by atoms with van der Waals surface area (Å²) in [6, 6.07) is 3.72. The molecule has 1 saturated carbocycles. The number of nitriles is 1. The number of hydrogen-bond donors (Lipinski definition) is 1. The van der Waals surface area contributed by atoms with Gasteiger partial charge < -0.3 is 9.51 Å². The van der Waals surface area contributed by atoms with Crippen molar-refractivity contribution in [3.63, 3.8) is 0 Å². The predicted octanol–water partition coefficient (Wildman–Crippen LogP) is 1.99. The Kier molecular flexibility index (Phi) is 1.69. The third-order valence-electron chi connectivity index (χ3n) is 3.02. The van der Waals surface area contributed by atoms with Gasteiger partial charge in [-0.25, -0.2) is 0 Å². The van der Waals surface area contributed by atoms with Gasteiger partial charge in [0.1, 0.15) is 11.8 Å². The molecular formula is C11H10N4O. The summed E-state index contributed by atoms with van der Waals surface area (Å²) in [6.07, 6.45) is 3.93. The highest BCUT2D eigenvalue weighted by atomic mass is 16.5. The predicted molar refractivity (Wildman–Crippen MR) is 55.4 cm³/mol. The monoisotopic (exact) mass is 214 g/mol. The average molecular weight is 214 g/mol. The van der Waals surface area contributed by atoms with Crippen LogP contribution in [0.1, 0.15) is 31.3 Å². The molecule has 0 unspecified atom stereocenters. The van der Waals surface area contributed by atoms with Crippen LogP contribution in [0.25, 0.3) is 11.5 Å². The van der Waals surface area contributed by atoms with Crippen LogP contribution >= 0.6 is 0 Å². The van der Waals surface area contributed by atoms with E-state index >= 15 is 0 Å². The molecule has 2 aromatic heterocycles. The second kappa shape index (κ2) is 2.95. The van der Waals surface area contributed by atoms with Crippen molar-refractivity contribution in [1.29, 1.82) is 5.26 Å². The van der Waals surface area contributed by atoms with Gasteiger partial charge >= 0.3 is 0 Å². The molecule has 80 valence electrons. The van der Waals surface area contributed by atoms with E-state index in [0.717, 1.165) is 24.2 Å². The number of H-pyrrole nitrogens is 1. The Morgan fingerprint density at radius 3 is 3.00 bits per heavy atom. The molecule has 0 bridgehead atoms. The van der Waals surface area contributed by atoms with Gasteiger partial charge in [0.25, 0.3) is 5.89 Å². The topological polar surface area (TPSA) is 78.5 Å². The third-order valence-corrected chi connectivity index (χ3v) is 3.02. The molecule has 0 radical (unpaired) electrons. The summed E-state index contributed by atoms with van der Waals surface area (Å²) < 4.78 is 5.18. The lowest BCUT2D eigenvalue weighted by Gasteiger charge is -1.96. The lowest BCUT2D eigenvalue weighted by molar-refractivity contribution is 0.416. The lowest BCUT2D eigenvalue weighted by Crippen LogP contribution is -2.01. The molecule has 0 saturated heterocycles. The summed E-state index contributed by atoms with van der Waals surface area (Å²) in [4.78, 5) is 7.18. The quantitative estimate of drug-likeness (QED) is 0.829. The van der Waals surface area contributed by atoms with Crippen LogP contribution in [0.4, 0.5) is 0 Å². The fourth-order valence-electron chi connectivity index (χ4n) is 1.58. The fraction of sp³-hybridized carbons (Fsp3) is 0.364. The molecule has 0 amide bonds. The number of hydrogen-bond acceptors (Lipinski definition) is 4. The van der Waals surface area contributed by atoms with Gasteiger partial charge in [-0.2, -0.15) is 10.2 Å². The average Bonchev–Trinajstić information content (AvgIpc) is 2.80. The maximum absolute atomic E-state index is 8.69. The van der Waals surface area contributed by atoms with E-state index in [2.05, 4.69) is 22.0 Å². The highest BCUT2D eigenvalue weighted by molar-refractivity contribution is 5.54. The summed E-state index contributed by atoms with van der Waals surface area (Å²) >= 11 is 0. The van der Waals surface area contributed by atoms with E-state index in [1.165, 1.54) is 0 Å². The van der Waals surface area contributed by atoms with Crippen LogP contribution in [-0.2, 0) is 5.41 Å². The summed E-state index contributed by atoms with van der Waals surface area (Å²) in [6.45, 7) is 2.12. The largest absolute Gasteiger partial charge is 0.352 e. The minimum Gasteiger partial charge on any atom is -0.352 e. The summed E-state index contributed by atoms with van der Waals surface area (Å²) in [5.41, 5.74) is 1.36. The van der Waals surface area contributed by atoms with Gasteiger partial charge in [-0.1, -0.05) is 12.1 Å². The van der Waals surface area contributed by atoms with Crippen LogP contribution in [0.15, 0.2) is 16.8 Å². The molecular weight excluding hydrogens is 204 g/mol. The number of aromatic amines is 1. The van der Waals surface area contributed by atoms with Gasteiger partial charge in [-0.15, -0.1) is 0 Å². The second-order valence-electron chi connectivity index (χ2n) is 4.40. The molecule has 0 aliphatic heterocycles. The molecule has 1 fully saturated rings. The zero-order valence-electron chi connectivity index (χ0n) is 8.82. The van der Waals surface area contributed by atoms with Crippen molar-refractivity contribution in [3.05, 3.63) is 23.8 Å². The third kappa shape index (κ3) is 1.31. The number of nitrogens with zero attached hydrogens (tertiary/aromatic N) is 3. The zero-order valence-corrected chi connectivity index (χ0v) is 8.82. The Bertz CT molecular complexity index is 571. The van der Waals surface area contributed by atoms with Crippen LogP contribution in [0.5, 0.6) is 0 Å². The summed E-state index contributed by atoms with van der Waals surface area (Å²) in [5, 5.41) is 12.7. The van der Waals surface area contributed by atoms with E-state index in [1.54, 1.807) is 12.3 Å². The minimum atomic E-state index is 0.107. The van der Waals surface area contributed by atoms with Crippen LogP contribution in [0.3, 0.4) is 0 Å². The first-order valence-electron chi connectivity index (χ1n) is 5.14. The number of rotatable bonds is 2. The molecule has 0 atom stereocenters. The Morgan fingerprint density at radius 1 is 1.56 bits per heavy atom. The van der Waals surface area contributed by atoms with Gasteiger partial charge in [0, 0.05) is 11.6 Å². The van der Waals surface area contributed by atoms with Crippen molar-refractivity contribution in [2.45, 2.75) is 25.2 Å². The Morgan fingerprint density at radius 2 is 2.38 bits per heavy atom. The van der Waals surface area contributed by atoms with Crippen molar-refractivity contribution in [2.24, 2.45) is 0 Å². The van der Waals surface area contributed by atoms with E-state index in [4.69, 9.17) is 9.78 Å². The molecule has 2 aromatic rings. The normalized spacial score (nSPS) is 17.0.